The van der Waals surface area contributed by atoms with E-state index < -0.39 is 11.8 Å². The third-order valence-electron chi connectivity index (χ3n) is 4.35. The second kappa shape index (κ2) is 8.45. The van der Waals surface area contributed by atoms with Crippen LogP contribution in [0.25, 0.3) is 0 Å². The number of carboxylic acid groups (broad SMARTS) is 1. The Balaban J connectivity index is 2.00. The van der Waals surface area contributed by atoms with E-state index >= 15 is 0 Å². The molecule has 1 fully saturated rings. The van der Waals surface area contributed by atoms with Gasteiger partial charge in [0, 0.05) is 12.3 Å². The minimum absolute atomic E-state index is 0.0126. The van der Waals surface area contributed by atoms with E-state index in [0.29, 0.717) is 13.0 Å². The van der Waals surface area contributed by atoms with E-state index in [-0.39, 0.29) is 18.4 Å². The third kappa shape index (κ3) is 5.46. The Labute approximate surface area is 144 Å². The van der Waals surface area contributed by atoms with Gasteiger partial charge in [0.25, 0.3) is 0 Å². The molecule has 1 aromatic rings. The SMILES string of the molecule is Cc1ccccc1[C@H]1OC(C)(C)OC[C@H]1CC=CCCCC(=O)O. The first-order chi connectivity index (χ1) is 11.4. The van der Waals surface area contributed by atoms with Crippen molar-refractivity contribution in [2.45, 2.75) is 58.3 Å². The number of hydrogen-bond acceptors (Lipinski definition) is 3. The largest absolute Gasteiger partial charge is 0.481 e. The van der Waals surface area contributed by atoms with Crippen molar-refractivity contribution in [1.29, 1.82) is 0 Å². The van der Waals surface area contributed by atoms with Crippen molar-refractivity contribution in [3.8, 4) is 0 Å². The van der Waals surface area contributed by atoms with Gasteiger partial charge in [-0.3, -0.25) is 4.79 Å². The Bertz CT molecular complexity index is 577. The molecule has 4 heteroatoms. The molecule has 0 saturated carbocycles. The van der Waals surface area contributed by atoms with E-state index in [1.807, 2.05) is 26.0 Å². The van der Waals surface area contributed by atoms with Crippen LogP contribution in [0.3, 0.4) is 0 Å². The summed E-state index contributed by atoms with van der Waals surface area (Å²) in [5.41, 5.74) is 2.45. The number of hydrogen-bond donors (Lipinski definition) is 1. The molecule has 1 aromatic carbocycles. The van der Waals surface area contributed by atoms with Crippen molar-refractivity contribution < 1.29 is 19.4 Å². The second-order valence-electron chi connectivity index (χ2n) is 6.86. The molecule has 0 unspecified atom stereocenters. The minimum atomic E-state index is -0.737. The Kier molecular flexibility index (Phi) is 6.58. The number of ether oxygens (including phenoxy) is 2. The summed E-state index contributed by atoms with van der Waals surface area (Å²) < 4.78 is 12.1. The van der Waals surface area contributed by atoms with Crippen LogP contribution in [0, 0.1) is 12.8 Å². The molecule has 0 spiro atoms. The Morgan fingerprint density at radius 2 is 2.08 bits per heavy atom. The summed E-state index contributed by atoms with van der Waals surface area (Å²) in [7, 11) is 0. The number of unbranched alkanes of at least 4 members (excludes halogenated alkanes) is 1. The number of carboxylic acids is 1. The number of aryl methyl sites for hydroxylation is 1. The molecule has 1 N–H and O–H groups in total. The first-order valence-electron chi connectivity index (χ1n) is 8.63. The number of allylic oxidation sites excluding steroid dienone is 2. The molecule has 2 atom stereocenters. The Hall–Kier alpha value is -1.65. The molecule has 2 rings (SSSR count). The van der Waals surface area contributed by atoms with E-state index in [1.54, 1.807) is 0 Å². The summed E-state index contributed by atoms with van der Waals surface area (Å²) >= 11 is 0. The van der Waals surface area contributed by atoms with Gasteiger partial charge in [0.15, 0.2) is 5.79 Å². The molecule has 0 radical (unpaired) electrons. The van der Waals surface area contributed by atoms with Gasteiger partial charge in [0.05, 0.1) is 12.7 Å². The minimum Gasteiger partial charge on any atom is -0.481 e. The average molecular weight is 332 g/mol. The van der Waals surface area contributed by atoms with E-state index in [1.165, 1.54) is 11.1 Å². The van der Waals surface area contributed by atoms with Gasteiger partial charge in [0.2, 0.25) is 0 Å². The highest BCUT2D eigenvalue weighted by molar-refractivity contribution is 5.66. The van der Waals surface area contributed by atoms with Crippen molar-refractivity contribution >= 4 is 5.97 Å². The number of rotatable bonds is 7. The van der Waals surface area contributed by atoms with Crippen LogP contribution in [-0.2, 0) is 14.3 Å². The van der Waals surface area contributed by atoms with Crippen molar-refractivity contribution in [2.75, 3.05) is 6.61 Å². The van der Waals surface area contributed by atoms with Gasteiger partial charge >= 0.3 is 5.97 Å². The predicted octanol–water partition coefficient (Wildman–Crippen LogP) is 4.64. The third-order valence-corrected chi connectivity index (χ3v) is 4.35. The maximum absolute atomic E-state index is 10.5. The van der Waals surface area contributed by atoms with Gasteiger partial charge in [-0.05, 0) is 51.2 Å². The van der Waals surface area contributed by atoms with E-state index in [4.69, 9.17) is 14.6 Å². The lowest BCUT2D eigenvalue weighted by Gasteiger charge is -2.41. The number of benzene rings is 1. The van der Waals surface area contributed by atoms with Crippen LogP contribution in [-0.4, -0.2) is 23.5 Å². The van der Waals surface area contributed by atoms with Gasteiger partial charge in [-0.25, -0.2) is 0 Å². The maximum Gasteiger partial charge on any atom is 0.303 e. The summed E-state index contributed by atoms with van der Waals surface area (Å²) in [6.45, 7) is 6.68. The molecule has 0 aromatic heterocycles. The molecular formula is C20H28O4. The summed E-state index contributed by atoms with van der Waals surface area (Å²) in [5, 5.41) is 8.65. The lowest BCUT2D eigenvalue weighted by Crippen LogP contribution is -2.41. The van der Waals surface area contributed by atoms with Gasteiger partial charge in [0.1, 0.15) is 0 Å². The van der Waals surface area contributed by atoms with Gasteiger partial charge in [-0.1, -0.05) is 36.4 Å². The summed E-state index contributed by atoms with van der Waals surface area (Å²) in [6, 6.07) is 8.33. The van der Waals surface area contributed by atoms with Crippen LogP contribution in [0.1, 0.15) is 56.8 Å². The lowest BCUT2D eigenvalue weighted by atomic mass is 9.89. The monoisotopic (exact) mass is 332 g/mol. The zero-order chi connectivity index (χ0) is 17.6. The lowest BCUT2D eigenvalue weighted by molar-refractivity contribution is -0.295. The second-order valence-corrected chi connectivity index (χ2v) is 6.86. The standard InChI is InChI=1S/C20H28O4/c1-15-10-8-9-12-17(15)19-16(14-23-20(2,3)24-19)11-6-4-5-7-13-18(21)22/h4,6,8-10,12,16,19H,5,7,11,13-14H2,1-3H3,(H,21,22)/t16-,19+/m1/s1. The maximum atomic E-state index is 10.5. The topological polar surface area (TPSA) is 55.8 Å². The highest BCUT2D eigenvalue weighted by Gasteiger charge is 2.37. The van der Waals surface area contributed by atoms with Crippen LogP contribution in [0.2, 0.25) is 0 Å². The quantitative estimate of drug-likeness (QED) is 0.584. The summed E-state index contributed by atoms with van der Waals surface area (Å²) in [6.07, 6.45) is 6.76. The summed E-state index contributed by atoms with van der Waals surface area (Å²) in [4.78, 5) is 10.5. The Morgan fingerprint density at radius 1 is 1.33 bits per heavy atom. The fourth-order valence-corrected chi connectivity index (χ4v) is 3.01. The molecule has 4 nitrogen and oxygen atoms in total. The van der Waals surface area contributed by atoms with E-state index in [0.717, 1.165) is 12.8 Å². The smallest absolute Gasteiger partial charge is 0.303 e. The van der Waals surface area contributed by atoms with Gasteiger partial charge in [-0.15, -0.1) is 0 Å². The fraction of sp³-hybridized carbons (Fsp3) is 0.550. The molecule has 1 saturated heterocycles. The predicted molar refractivity (Wildman–Crippen MR) is 93.8 cm³/mol. The first kappa shape index (κ1) is 18.7. The van der Waals surface area contributed by atoms with Crippen molar-refractivity contribution in [2.24, 2.45) is 5.92 Å². The van der Waals surface area contributed by atoms with Crippen LogP contribution in [0.4, 0.5) is 0 Å². The van der Waals surface area contributed by atoms with Crippen LogP contribution in [0.15, 0.2) is 36.4 Å². The molecule has 1 heterocycles. The molecule has 24 heavy (non-hydrogen) atoms. The molecule has 0 bridgehead atoms. The number of carbonyl (C=O) groups is 1. The normalized spacial score (nSPS) is 23.5. The van der Waals surface area contributed by atoms with Crippen LogP contribution >= 0.6 is 0 Å². The Morgan fingerprint density at radius 3 is 2.79 bits per heavy atom. The molecular weight excluding hydrogens is 304 g/mol. The van der Waals surface area contributed by atoms with Crippen LogP contribution in [0.5, 0.6) is 0 Å². The van der Waals surface area contributed by atoms with Gasteiger partial charge < -0.3 is 14.6 Å². The zero-order valence-corrected chi connectivity index (χ0v) is 14.8. The molecule has 0 amide bonds. The van der Waals surface area contributed by atoms with Gasteiger partial charge in [-0.2, -0.15) is 0 Å². The first-order valence-corrected chi connectivity index (χ1v) is 8.63. The average Bonchev–Trinajstić information content (AvgIpc) is 2.51. The molecule has 1 aliphatic heterocycles. The van der Waals surface area contributed by atoms with Crippen molar-refractivity contribution in [3.63, 3.8) is 0 Å². The van der Waals surface area contributed by atoms with E-state index in [2.05, 4.69) is 31.2 Å². The molecule has 0 aliphatic carbocycles. The van der Waals surface area contributed by atoms with Crippen molar-refractivity contribution in [3.05, 3.63) is 47.5 Å². The highest BCUT2D eigenvalue weighted by atomic mass is 16.7. The number of aliphatic carboxylic acids is 1. The van der Waals surface area contributed by atoms with E-state index in [9.17, 15) is 4.79 Å². The van der Waals surface area contributed by atoms with Crippen molar-refractivity contribution in [1.82, 2.24) is 0 Å². The zero-order valence-electron chi connectivity index (χ0n) is 14.8. The highest BCUT2D eigenvalue weighted by Crippen LogP contribution is 2.39. The molecule has 132 valence electrons. The molecule has 1 aliphatic rings. The summed E-state index contributed by atoms with van der Waals surface area (Å²) in [5.74, 6) is -1.05. The fourth-order valence-electron chi connectivity index (χ4n) is 3.01. The van der Waals surface area contributed by atoms with Crippen LogP contribution < -0.4 is 0 Å².